The van der Waals surface area contributed by atoms with E-state index in [4.69, 9.17) is 10.5 Å². The van der Waals surface area contributed by atoms with Crippen molar-refractivity contribution in [3.63, 3.8) is 0 Å². The van der Waals surface area contributed by atoms with Gasteiger partial charge in [0.2, 0.25) is 0 Å². The molecule has 4 rings (SSSR count). The van der Waals surface area contributed by atoms with E-state index in [-0.39, 0.29) is 5.82 Å². The van der Waals surface area contributed by atoms with Gasteiger partial charge < -0.3 is 15.6 Å². The first-order valence-electron chi connectivity index (χ1n) is 9.25. The van der Waals surface area contributed by atoms with Gasteiger partial charge in [0.05, 0.1) is 5.52 Å². The third-order valence-electron chi connectivity index (χ3n) is 4.58. The highest BCUT2D eigenvalue weighted by atomic mass is 127. The smallest absolute Gasteiger partial charge is 0.181 e. The molecule has 0 amide bonds. The minimum Gasteiger partial charge on any atom is -0.457 e. The molecule has 1 atom stereocenters. The van der Waals surface area contributed by atoms with Crippen molar-refractivity contribution in [2.45, 2.75) is 6.10 Å². The molecule has 2 aromatic heterocycles. The van der Waals surface area contributed by atoms with E-state index in [1.165, 1.54) is 12.4 Å². The number of aliphatic hydroxyl groups is 1. The van der Waals surface area contributed by atoms with Crippen LogP contribution >= 0.6 is 30.3 Å². The van der Waals surface area contributed by atoms with Crippen molar-refractivity contribution in [3.8, 4) is 22.9 Å². The number of hydrogen-bond donors (Lipinski definition) is 3. The minimum atomic E-state index is -1.05. The number of ether oxygens (including phenoxy) is 1. The normalized spacial score (nSPS) is 13.2. The maximum absolute atomic E-state index is 10.4. The fourth-order valence-electron chi connectivity index (χ4n) is 3.09. The average molecular weight is 546 g/mol. The molecule has 158 valence electrons. The van der Waals surface area contributed by atoms with Crippen LogP contribution in [0.4, 0.5) is 0 Å². The lowest BCUT2D eigenvalue weighted by atomic mass is 10.1. The predicted octanol–water partition coefficient (Wildman–Crippen LogP) is 4.64. The molecule has 0 aliphatic rings. The number of fused-ring (bicyclic) bond motifs is 1. The number of nitrogens with two attached hydrogens (primary N) is 1. The van der Waals surface area contributed by atoms with Gasteiger partial charge in [-0.3, -0.25) is 14.1 Å². The summed E-state index contributed by atoms with van der Waals surface area (Å²) in [5.74, 6) is 2.12. The summed E-state index contributed by atoms with van der Waals surface area (Å²) in [6, 6.07) is 15.5. The number of halogens is 1. The molecule has 2 heterocycles. The zero-order valence-corrected chi connectivity index (χ0v) is 19.4. The standard InChI is InChI=1S/C21H19IN6O2S/c1-24-12-15(11-23)19(29)21-25-20(26-27-21)14-3-2-4-16(10-14)30-17-5-6-18-13(9-17)7-8-28(18)31-22/h2-12,19,29H,23H2,1H3,(H,25,26,27)/b15-11+,24-12?. The summed E-state index contributed by atoms with van der Waals surface area (Å²) in [6.45, 7) is 0. The van der Waals surface area contributed by atoms with E-state index < -0.39 is 6.10 Å². The SMILES string of the molecule is CN=C/C(=C\N)C(O)c1nc(-c2cccc(Oc3ccc4c(ccn4SI)c3)c2)n[nH]1. The van der Waals surface area contributed by atoms with Gasteiger partial charge in [0, 0.05) is 72.5 Å². The van der Waals surface area contributed by atoms with Crippen LogP contribution in [-0.4, -0.2) is 37.5 Å². The Balaban J connectivity index is 1.56. The third-order valence-corrected chi connectivity index (χ3v) is 6.32. The molecule has 0 spiro atoms. The fourth-order valence-corrected chi connectivity index (χ4v) is 4.47. The number of benzene rings is 2. The van der Waals surface area contributed by atoms with Gasteiger partial charge in [-0.1, -0.05) is 12.1 Å². The summed E-state index contributed by atoms with van der Waals surface area (Å²) in [4.78, 5) is 8.28. The van der Waals surface area contributed by atoms with E-state index in [9.17, 15) is 5.11 Å². The summed E-state index contributed by atoms with van der Waals surface area (Å²) in [6.07, 6.45) is 3.75. The number of hydrogen-bond acceptors (Lipinski definition) is 7. The first kappa shape index (κ1) is 21.4. The molecular weight excluding hydrogens is 527 g/mol. The first-order valence-corrected chi connectivity index (χ1v) is 12.6. The molecule has 8 nitrogen and oxygen atoms in total. The van der Waals surface area contributed by atoms with Crippen molar-refractivity contribution in [1.82, 2.24) is 19.2 Å². The van der Waals surface area contributed by atoms with Crippen molar-refractivity contribution >= 4 is 47.4 Å². The second-order valence-electron chi connectivity index (χ2n) is 6.56. The molecule has 0 saturated carbocycles. The number of H-pyrrole nitrogens is 1. The van der Waals surface area contributed by atoms with Crippen LogP contribution in [0.1, 0.15) is 11.9 Å². The maximum atomic E-state index is 10.4. The Morgan fingerprint density at radius 3 is 2.90 bits per heavy atom. The maximum Gasteiger partial charge on any atom is 0.181 e. The monoisotopic (exact) mass is 546 g/mol. The molecule has 0 radical (unpaired) electrons. The van der Waals surface area contributed by atoms with Gasteiger partial charge in [-0.2, -0.15) is 5.10 Å². The second kappa shape index (κ2) is 9.54. The van der Waals surface area contributed by atoms with Crippen LogP contribution in [0.3, 0.4) is 0 Å². The van der Waals surface area contributed by atoms with E-state index in [2.05, 4.69) is 51.4 Å². The third kappa shape index (κ3) is 4.60. The number of nitrogens with zero attached hydrogens (tertiary/aromatic N) is 4. The molecule has 4 N–H and O–H groups in total. The Bertz CT molecular complexity index is 1270. The number of aromatic nitrogens is 4. The Hall–Kier alpha value is -2.83. The lowest BCUT2D eigenvalue weighted by Gasteiger charge is -2.08. The highest BCUT2D eigenvalue weighted by Crippen LogP contribution is 2.31. The largest absolute Gasteiger partial charge is 0.457 e. The van der Waals surface area contributed by atoms with E-state index in [0.717, 1.165) is 22.2 Å². The van der Waals surface area contributed by atoms with Gasteiger partial charge in [0.15, 0.2) is 11.6 Å². The zero-order valence-electron chi connectivity index (χ0n) is 16.4. The number of rotatable bonds is 7. The Morgan fingerprint density at radius 1 is 1.29 bits per heavy atom. The van der Waals surface area contributed by atoms with Crippen molar-refractivity contribution in [2.75, 3.05) is 7.05 Å². The van der Waals surface area contributed by atoms with Gasteiger partial charge in [-0.15, -0.1) is 0 Å². The Labute approximate surface area is 195 Å². The van der Waals surface area contributed by atoms with Crippen LogP contribution in [-0.2, 0) is 0 Å². The van der Waals surface area contributed by atoms with Crippen LogP contribution in [0.2, 0.25) is 0 Å². The Kier molecular flexibility index (Phi) is 6.59. The highest BCUT2D eigenvalue weighted by molar-refractivity contribution is 14.2. The number of aliphatic imine (C=N–C) groups is 1. The summed E-state index contributed by atoms with van der Waals surface area (Å²) in [5, 5.41) is 18.5. The lowest BCUT2D eigenvalue weighted by Crippen LogP contribution is -2.07. The first-order chi connectivity index (χ1) is 15.1. The van der Waals surface area contributed by atoms with Crippen molar-refractivity contribution in [2.24, 2.45) is 10.7 Å². The summed E-state index contributed by atoms with van der Waals surface area (Å²) in [5.41, 5.74) is 7.86. The van der Waals surface area contributed by atoms with E-state index in [1.54, 1.807) is 16.2 Å². The summed E-state index contributed by atoms with van der Waals surface area (Å²) >= 11 is 2.25. The molecule has 4 aromatic rings. The molecule has 1 unspecified atom stereocenters. The van der Waals surface area contributed by atoms with Crippen LogP contribution in [0, 0.1) is 0 Å². The number of aliphatic hydroxyl groups excluding tert-OH is 1. The molecule has 0 saturated heterocycles. The summed E-state index contributed by atoms with van der Waals surface area (Å²) in [7, 11) is 3.22. The van der Waals surface area contributed by atoms with E-state index in [1.807, 2.05) is 48.7 Å². The van der Waals surface area contributed by atoms with Gasteiger partial charge in [-0.05, 0) is 36.4 Å². The van der Waals surface area contributed by atoms with Crippen LogP contribution in [0.5, 0.6) is 11.5 Å². The molecule has 10 heteroatoms. The summed E-state index contributed by atoms with van der Waals surface area (Å²) < 4.78 is 8.15. The molecule has 0 aliphatic carbocycles. The molecule has 31 heavy (non-hydrogen) atoms. The van der Waals surface area contributed by atoms with Gasteiger partial charge in [0.1, 0.15) is 17.6 Å². The lowest BCUT2D eigenvalue weighted by molar-refractivity contribution is 0.212. The predicted molar refractivity (Wildman–Crippen MR) is 132 cm³/mol. The Morgan fingerprint density at radius 2 is 2.13 bits per heavy atom. The van der Waals surface area contributed by atoms with Gasteiger partial charge in [-0.25, -0.2) is 4.98 Å². The van der Waals surface area contributed by atoms with Crippen LogP contribution < -0.4 is 10.5 Å². The molecule has 0 aliphatic heterocycles. The van der Waals surface area contributed by atoms with Gasteiger partial charge >= 0.3 is 0 Å². The van der Waals surface area contributed by atoms with Gasteiger partial charge in [0.25, 0.3) is 0 Å². The quantitative estimate of drug-likeness (QED) is 0.230. The van der Waals surface area contributed by atoms with Crippen molar-refractivity contribution in [3.05, 3.63) is 72.3 Å². The number of nitrogens with one attached hydrogen (secondary N) is 1. The van der Waals surface area contributed by atoms with Crippen LogP contribution in [0.15, 0.2) is 71.5 Å². The fraction of sp³-hybridized carbons (Fsp3) is 0.0952. The molecule has 0 bridgehead atoms. The van der Waals surface area contributed by atoms with Crippen LogP contribution in [0.25, 0.3) is 22.3 Å². The van der Waals surface area contributed by atoms with E-state index >= 15 is 0 Å². The molecule has 0 fully saturated rings. The molecule has 2 aromatic carbocycles. The highest BCUT2D eigenvalue weighted by Gasteiger charge is 2.17. The molecular formula is C21H19IN6O2S. The van der Waals surface area contributed by atoms with E-state index in [0.29, 0.717) is 17.1 Å². The average Bonchev–Trinajstić information content (AvgIpc) is 3.44. The van der Waals surface area contributed by atoms with Crippen molar-refractivity contribution < 1.29 is 9.84 Å². The number of aromatic amines is 1. The minimum absolute atomic E-state index is 0.279. The van der Waals surface area contributed by atoms with Crippen molar-refractivity contribution in [1.29, 1.82) is 0 Å². The topological polar surface area (TPSA) is 114 Å². The zero-order chi connectivity index (χ0) is 21.8. The second-order valence-corrected chi connectivity index (χ2v) is 8.27.